The Balaban J connectivity index is 2.10. The summed E-state index contributed by atoms with van der Waals surface area (Å²) >= 11 is 0. The van der Waals surface area contributed by atoms with Gasteiger partial charge in [-0.25, -0.2) is 0 Å². The molecule has 0 aliphatic heterocycles. The lowest BCUT2D eigenvalue weighted by Gasteiger charge is -2.19. The van der Waals surface area contributed by atoms with Gasteiger partial charge >= 0.3 is 0 Å². The van der Waals surface area contributed by atoms with Crippen molar-refractivity contribution in [1.82, 2.24) is 0 Å². The van der Waals surface area contributed by atoms with E-state index in [1.807, 2.05) is 25.1 Å². The van der Waals surface area contributed by atoms with Gasteiger partial charge < -0.3 is 10.1 Å². The summed E-state index contributed by atoms with van der Waals surface area (Å²) in [6.07, 6.45) is -0.641. The third-order valence-corrected chi connectivity index (χ3v) is 3.84. The van der Waals surface area contributed by atoms with Crippen molar-refractivity contribution in [3.63, 3.8) is 0 Å². The predicted octanol–water partition coefficient (Wildman–Crippen LogP) is 4.40. The van der Waals surface area contributed by atoms with E-state index < -0.39 is 6.10 Å². The van der Waals surface area contributed by atoms with Gasteiger partial charge in [-0.2, -0.15) is 5.26 Å². The molecule has 0 spiro atoms. The van der Waals surface area contributed by atoms with Crippen molar-refractivity contribution < 1.29 is 9.53 Å². The van der Waals surface area contributed by atoms with E-state index in [-0.39, 0.29) is 5.91 Å². The van der Waals surface area contributed by atoms with Gasteiger partial charge in [-0.3, -0.25) is 4.79 Å². The molecule has 0 radical (unpaired) electrons. The number of carbonyl (C=O) groups is 1. The zero-order valence-electron chi connectivity index (χ0n) is 14.5. The Morgan fingerprint density at radius 1 is 1.12 bits per heavy atom. The van der Waals surface area contributed by atoms with Crippen LogP contribution in [0.25, 0.3) is 0 Å². The van der Waals surface area contributed by atoms with Crippen LogP contribution in [0.4, 0.5) is 5.69 Å². The second-order valence-corrected chi connectivity index (χ2v) is 6.08. The van der Waals surface area contributed by atoms with E-state index in [1.54, 1.807) is 31.2 Å². The van der Waals surface area contributed by atoms with Gasteiger partial charge in [-0.05, 0) is 55.2 Å². The summed E-state index contributed by atoms with van der Waals surface area (Å²) in [6.45, 7) is 7.89. The summed E-state index contributed by atoms with van der Waals surface area (Å²) in [6, 6.07) is 14.8. The van der Waals surface area contributed by atoms with Gasteiger partial charge in [-0.1, -0.05) is 32.0 Å². The Bertz CT molecular complexity index is 758. The van der Waals surface area contributed by atoms with Crippen LogP contribution in [-0.2, 0) is 4.79 Å². The SMILES string of the molecule is Cc1cccc(C(C)C)c1NC(=O)C(C)Oc1ccc(C#N)cc1. The van der Waals surface area contributed by atoms with Crippen LogP contribution < -0.4 is 10.1 Å². The number of anilines is 1. The number of hydrogen-bond donors (Lipinski definition) is 1. The molecule has 2 rings (SSSR count). The molecule has 0 bridgehead atoms. The van der Waals surface area contributed by atoms with E-state index >= 15 is 0 Å². The van der Waals surface area contributed by atoms with Gasteiger partial charge in [0.2, 0.25) is 0 Å². The predicted molar refractivity (Wildman–Crippen MR) is 95.1 cm³/mol. The first-order valence-corrected chi connectivity index (χ1v) is 7.99. The molecule has 0 aromatic heterocycles. The molecule has 0 saturated carbocycles. The number of ether oxygens (including phenoxy) is 1. The number of nitrogens with one attached hydrogen (secondary N) is 1. The number of para-hydroxylation sites is 1. The molecule has 24 heavy (non-hydrogen) atoms. The molecule has 0 aliphatic carbocycles. The van der Waals surface area contributed by atoms with Crippen molar-refractivity contribution in [2.75, 3.05) is 5.32 Å². The van der Waals surface area contributed by atoms with Gasteiger partial charge in [0.1, 0.15) is 5.75 Å². The monoisotopic (exact) mass is 322 g/mol. The molecule has 0 heterocycles. The number of aryl methyl sites for hydroxylation is 1. The molecule has 1 unspecified atom stereocenters. The molecular formula is C20H22N2O2. The maximum absolute atomic E-state index is 12.5. The summed E-state index contributed by atoms with van der Waals surface area (Å²) in [4.78, 5) is 12.5. The molecule has 4 nitrogen and oxygen atoms in total. The molecule has 2 aromatic rings. The van der Waals surface area contributed by atoms with Crippen molar-refractivity contribution in [2.45, 2.75) is 39.7 Å². The molecule has 2 aromatic carbocycles. The molecule has 0 aliphatic rings. The maximum atomic E-state index is 12.5. The molecule has 1 amide bonds. The minimum absolute atomic E-state index is 0.199. The fourth-order valence-corrected chi connectivity index (χ4v) is 2.43. The second kappa shape index (κ2) is 7.65. The normalized spacial score (nSPS) is 11.7. The van der Waals surface area contributed by atoms with Crippen LogP contribution in [-0.4, -0.2) is 12.0 Å². The average Bonchev–Trinajstić information content (AvgIpc) is 2.57. The second-order valence-electron chi connectivity index (χ2n) is 6.08. The summed E-state index contributed by atoms with van der Waals surface area (Å²) in [5, 5.41) is 11.8. The van der Waals surface area contributed by atoms with Crippen LogP contribution in [0.15, 0.2) is 42.5 Å². The van der Waals surface area contributed by atoms with Crippen LogP contribution in [0.1, 0.15) is 43.4 Å². The van der Waals surface area contributed by atoms with Crippen LogP contribution in [0, 0.1) is 18.3 Å². The van der Waals surface area contributed by atoms with Crippen molar-refractivity contribution in [1.29, 1.82) is 5.26 Å². The Morgan fingerprint density at radius 2 is 1.79 bits per heavy atom. The van der Waals surface area contributed by atoms with Gasteiger partial charge in [0.15, 0.2) is 6.10 Å². The van der Waals surface area contributed by atoms with Crippen LogP contribution >= 0.6 is 0 Å². The fraction of sp³-hybridized carbons (Fsp3) is 0.300. The van der Waals surface area contributed by atoms with E-state index in [9.17, 15) is 4.79 Å². The third kappa shape index (κ3) is 4.14. The van der Waals surface area contributed by atoms with Gasteiger partial charge in [0.25, 0.3) is 5.91 Å². The average molecular weight is 322 g/mol. The van der Waals surface area contributed by atoms with Crippen molar-refractivity contribution in [2.24, 2.45) is 0 Å². The van der Waals surface area contributed by atoms with E-state index in [2.05, 4.69) is 25.2 Å². The molecular weight excluding hydrogens is 300 g/mol. The third-order valence-electron chi connectivity index (χ3n) is 3.84. The lowest BCUT2D eigenvalue weighted by molar-refractivity contribution is -0.122. The minimum Gasteiger partial charge on any atom is -0.481 e. The number of nitriles is 1. The highest BCUT2D eigenvalue weighted by Crippen LogP contribution is 2.27. The highest BCUT2D eigenvalue weighted by Gasteiger charge is 2.18. The van der Waals surface area contributed by atoms with Gasteiger partial charge in [0, 0.05) is 5.69 Å². The topological polar surface area (TPSA) is 62.1 Å². The molecule has 4 heteroatoms. The zero-order valence-corrected chi connectivity index (χ0v) is 14.5. The first-order valence-electron chi connectivity index (χ1n) is 7.99. The van der Waals surface area contributed by atoms with Crippen LogP contribution in [0.3, 0.4) is 0 Å². The number of amides is 1. The first-order chi connectivity index (χ1) is 11.4. The Kier molecular flexibility index (Phi) is 5.59. The maximum Gasteiger partial charge on any atom is 0.265 e. The number of nitrogens with zero attached hydrogens (tertiary/aromatic N) is 1. The standard InChI is InChI=1S/C20H22N2O2/c1-13(2)18-7-5-6-14(3)19(18)22-20(23)15(4)24-17-10-8-16(12-21)9-11-17/h5-11,13,15H,1-4H3,(H,22,23). The van der Waals surface area contributed by atoms with Crippen molar-refractivity contribution in [3.05, 3.63) is 59.2 Å². The van der Waals surface area contributed by atoms with Crippen LogP contribution in [0.2, 0.25) is 0 Å². The van der Waals surface area contributed by atoms with E-state index in [0.29, 0.717) is 17.2 Å². The van der Waals surface area contributed by atoms with E-state index in [1.165, 1.54) is 0 Å². The summed E-state index contributed by atoms with van der Waals surface area (Å²) in [5.74, 6) is 0.677. The summed E-state index contributed by atoms with van der Waals surface area (Å²) < 4.78 is 5.67. The number of carbonyl (C=O) groups excluding carboxylic acids is 1. The minimum atomic E-state index is -0.641. The number of hydrogen-bond acceptors (Lipinski definition) is 3. The number of rotatable bonds is 5. The lowest BCUT2D eigenvalue weighted by atomic mass is 9.98. The largest absolute Gasteiger partial charge is 0.481 e. The first kappa shape index (κ1) is 17.6. The Labute approximate surface area is 143 Å². The van der Waals surface area contributed by atoms with Gasteiger partial charge in [0.05, 0.1) is 11.6 Å². The fourth-order valence-electron chi connectivity index (χ4n) is 2.43. The molecule has 1 atom stereocenters. The van der Waals surface area contributed by atoms with Gasteiger partial charge in [-0.15, -0.1) is 0 Å². The van der Waals surface area contributed by atoms with E-state index in [4.69, 9.17) is 10.00 Å². The highest BCUT2D eigenvalue weighted by atomic mass is 16.5. The number of benzene rings is 2. The molecule has 0 fully saturated rings. The Morgan fingerprint density at radius 3 is 2.38 bits per heavy atom. The zero-order chi connectivity index (χ0) is 17.7. The Hall–Kier alpha value is -2.80. The van der Waals surface area contributed by atoms with Crippen molar-refractivity contribution >= 4 is 11.6 Å². The summed E-state index contributed by atoms with van der Waals surface area (Å²) in [7, 11) is 0. The molecule has 0 saturated heterocycles. The lowest BCUT2D eigenvalue weighted by Crippen LogP contribution is -2.30. The quantitative estimate of drug-likeness (QED) is 0.887. The molecule has 1 N–H and O–H groups in total. The van der Waals surface area contributed by atoms with Crippen molar-refractivity contribution in [3.8, 4) is 11.8 Å². The van der Waals surface area contributed by atoms with E-state index in [0.717, 1.165) is 16.8 Å². The summed E-state index contributed by atoms with van der Waals surface area (Å²) in [5.41, 5.74) is 3.54. The molecule has 124 valence electrons. The highest BCUT2D eigenvalue weighted by molar-refractivity contribution is 5.95. The smallest absolute Gasteiger partial charge is 0.265 e. The van der Waals surface area contributed by atoms with Crippen LogP contribution in [0.5, 0.6) is 5.75 Å².